The molecule has 2 nitrogen and oxygen atoms in total. The summed E-state index contributed by atoms with van der Waals surface area (Å²) in [7, 11) is 1.91. The van der Waals surface area contributed by atoms with Gasteiger partial charge in [0.2, 0.25) is 0 Å². The highest BCUT2D eigenvalue weighted by Gasteiger charge is 2.01. The van der Waals surface area contributed by atoms with Crippen LogP contribution in [-0.2, 0) is 13.2 Å². The molecule has 0 heterocycles. The van der Waals surface area contributed by atoms with Gasteiger partial charge in [-0.25, -0.2) is 4.39 Å². The molecule has 0 saturated heterocycles. The maximum absolute atomic E-state index is 13.1. The Bertz CT molecular complexity index is 542. The van der Waals surface area contributed by atoms with Crippen LogP contribution >= 0.6 is 15.9 Å². The normalized spacial score (nSPS) is 10.5. The van der Waals surface area contributed by atoms with Gasteiger partial charge in [0.1, 0.15) is 18.2 Å². The summed E-state index contributed by atoms with van der Waals surface area (Å²) in [6.07, 6.45) is 0. The predicted molar refractivity (Wildman–Crippen MR) is 77.6 cm³/mol. The third kappa shape index (κ3) is 4.04. The molecule has 0 aliphatic carbocycles. The quantitative estimate of drug-likeness (QED) is 0.901. The Balaban J connectivity index is 1.96. The summed E-state index contributed by atoms with van der Waals surface area (Å²) in [5.74, 6) is 0.542. The standard InChI is InChI=1S/C15H15BrFNO/c1-18-9-11-2-5-13(6-3-11)19-10-12-4-7-15(17)14(16)8-12/h2-8,18H,9-10H2,1H3. The van der Waals surface area contributed by atoms with Crippen LogP contribution in [0.4, 0.5) is 4.39 Å². The number of rotatable bonds is 5. The van der Waals surface area contributed by atoms with Crippen molar-refractivity contribution in [2.45, 2.75) is 13.2 Å². The van der Waals surface area contributed by atoms with Gasteiger partial charge in [0, 0.05) is 6.54 Å². The van der Waals surface area contributed by atoms with Gasteiger partial charge < -0.3 is 10.1 Å². The van der Waals surface area contributed by atoms with Crippen molar-refractivity contribution in [3.05, 3.63) is 63.9 Å². The van der Waals surface area contributed by atoms with Crippen molar-refractivity contribution in [3.63, 3.8) is 0 Å². The lowest BCUT2D eigenvalue weighted by Crippen LogP contribution is -2.04. The first-order valence-electron chi connectivity index (χ1n) is 5.99. The Labute approximate surface area is 120 Å². The molecule has 0 amide bonds. The highest BCUT2D eigenvalue weighted by Crippen LogP contribution is 2.19. The maximum Gasteiger partial charge on any atom is 0.137 e. The fraction of sp³-hybridized carbons (Fsp3) is 0.200. The number of nitrogens with one attached hydrogen (secondary N) is 1. The van der Waals surface area contributed by atoms with Crippen molar-refractivity contribution in [1.29, 1.82) is 0 Å². The molecule has 2 aromatic rings. The second kappa shape index (κ2) is 6.68. The maximum atomic E-state index is 13.1. The van der Waals surface area contributed by atoms with Crippen LogP contribution in [0.2, 0.25) is 0 Å². The largest absolute Gasteiger partial charge is 0.489 e. The zero-order valence-corrected chi connectivity index (χ0v) is 12.2. The Kier molecular flexibility index (Phi) is 4.93. The minimum Gasteiger partial charge on any atom is -0.489 e. The summed E-state index contributed by atoms with van der Waals surface area (Å²) in [6.45, 7) is 1.26. The molecule has 0 saturated carbocycles. The summed E-state index contributed by atoms with van der Waals surface area (Å²) in [5, 5.41) is 3.09. The molecule has 0 radical (unpaired) electrons. The molecular weight excluding hydrogens is 309 g/mol. The van der Waals surface area contributed by atoms with Gasteiger partial charge in [-0.15, -0.1) is 0 Å². The summed E-state index contributed by atoms with van der Waals surface area (Å²) in [6, 6.07) is 12.8. The van der Waals surface area contributed by atoms with E-state index < -0.39 is 0 Å². The molecule has 2 rings (SSSR count). The van der Waals surface area contributed by atoms with Crippen molar-refractivity contribution in [3.8, 4) is 5.75 Å². The van der Waals surface area contributed by atoms with Gasteiger partial charge in [-0.1, -0.05) is 18.2 Å². The Hall–Kier alpha value is -1.39. The second-order valence-corrected chi connectivity index (χ2v) is 5.07. The van der Waals surface area contributed by atoms with Crippen LogP contribution in [0.3, 0.4) is 0 Å². The van der Waals surface area contributed by atoms with Crippen LogP contribution in [0, 0.1) is 5.82 Å². The molecule has 4 heteroatoms. The molecular formula is C15H15BrFNO. The average Bonchev–Trinajstić information content (AvgIpc) is 2.42. The molecule has 0 atom stereocenters. The minimum atomic E-state index is -0.264. The van der Waals surface area contributed by atoms with E-state index in [9.17, 15) is 4.39 Å². The van der Waals surface area contributed by atoms with Crippen molar-refractivity contribution in [2.24, 2.45) is 0 Å². The number of ether oxygens (including phenoxy) is 1. The first kappa shape index (κ1) is 14.0. The van der Waals surface area contributed by atoms with E-state index in [4.69, 9.17) is 4.74 Å². The van der Waals surface area contributed by atoms with Gasteiger partial charge in [-0.3, -0.25) is 0 Å². The zero-order valence-electron chi connectivity index (χ0n) is 10.6. The lowest BCUT2D eigenvalue weighted by molar-refractivity contribution is 0.306. The smallest absolute Gasteiger partial charge is 0.137 e. The Morgan fingerprint density at radius 1 is 1.11 bits per heavy atom. The summed E-state index contributed by atoms with van der Waals surface area (Å²) >= 11 is 3.16. The van der Waals surface area contributed by atoms with E-state index in [0.29, 0.717) is 11.1 Å². The van der Waals surface area contributed by atoms with Crippen LogP contribution in [0.1, 0.15) is 11.1 Å². The SMILES string of the molecule is CNCc1ccc(OCc2ccc(F)c(Br)c2)cc1. The number of hydrogen-bond acceptors (Lipinski definition) is 2. The highest BCUT2D eigenvalue weighted by atomic mass is 79.9. The highest BCUT2D eigenvalue weighted by molar-refractivity contribution is 9.10. The monoisotopic (exact) mass is 323 g/mol. The van der Waals surface area contributed by atoms with Gasteiger partial charge in [0.15, 0.2) is 0 Å². The topological polar surface area (TPSA) is 21.3 Å². The van der Waals surface area contributed by atoms with Crippen LogP contribution in [0.25, 0.3) is 0 Å². The lowest BCUT2D eigenvalue weighted by Gasteiger charge is -2.08. The number of hydrogen-bond donors (Lipinski definition) is 1. The van der Waals surface area contributed by atoms with Crippen LogP contribution in [0.15, 0.2) is 46.9 Å². The zero-order chi connectivity index (χ0) is 13.7. The van der Waals surface area contributed by atoms with Gasteiger partial charge >= 0.3 is 0 Å². The van der Waals surface area contributed by atoms with E-state index >= 15 is 0 Å². The molecule has 0 fully saturated rings. The third-order valence-corrected chi connectivity index (χ3v) is 3.30. The molecule has 19 heavy (non-hydrogen) atoms. The van der Waals surface area contributed by atoms with Crippen LogP contribution in [-0.4, -0.2) is 7.05 Å². The lowest BCUT2D eigenvalue weighted by atomic mass is 10.2. The molecule has 100 valence electrons. The molecule has 1 N–H and O–H groups in total. The van der Waals surface area contributed by atoms with E-state index in [2.05, 4.69) is 21.2 Å². The average molecular weight is 324 g/mol. The molecule has 0 unspecified atom stereocenters. The van der Waals surface area contributed by atoms with Gasteiger partial charge in [0.25, 0.3) is 0 Å². The van der Waals surface area contributed by atoms with E-state index in [-0.39, 0.29) is 5.82 Å². The molecule has 0 aliphatic rings. The first-order valence-corrected chi connectivity index (χ1v) is 6.78. The molecule has 0 spiro atoms. The second-order valence-electron chi connectivity index (χ2n) is 4.21. The van der Waals surface area contributed by atoms with E-state index in [1.165, 1.54) is 11.6 Å². The van der Waals surface area contributed by atoms with E-state index in [1.54, 1.807) is 12.1 Å². The Morgan fingerprint density at radius 2 is 1.79 bits per heavy atom. The van der Waals surface area contributed by atoms with Crippen molar-refractivity contribution in [2.75, 3.05) is 7.05 Å². The fourth-order valence-corrected chi connectivity index (χ4v) is 2.13. The van der Waals surface area contributed by atoms with Crippen LogP contribution < -0.4 is 10.1 Å². The molecule has 0 aliphatic heterocycles. The van der Waals surface area contributed by atoms with E-state index in [1.807, 2.05) is 31.3 Å². The van der Waals surface area contributed by atoms with Crippen molar-refractivity contribution >= 4 is 15.9 Å². The van der Waals surface area contributed by atoms with Gasteiger partial charge in [-0.05, 0) is 58.4 Å². The summed E-state index contributed by atoms with van der Waals surface area (Å²) < 4.78 is 19.2. The third-order valence-electron chi connectivity index (χ3n) is 2.69. The van der Waals surface area contributed by atoms with E-state index in [0.717, 1.165) is 17.9 Å². The van der Waals surface area contributed by atoms with Crippen molar-refractivity contribution < 1.29 is 9.13 Å². The molecule has 0 bridgehead atoms. The van der Waals surface area contributed by atoms with Gasteiger partial charge in [0.05, 0.1) is 4.47 Å². The first-order chi connectivity index (χ1) is 9.19. The fourth-order valence-electron chi connectivity index (χ4n) is 1.70. The molecule has 2 aromatic carbocycles. The van der Waals surface area contributed by atoms with Crippen molar-refractivity contribution in [1.82, 2.24) is 5.32 Å². The number of benzene rings is 2. The predicted octanol–water partition coefficient (Wildman–Crippen LogP) is 3.89. The number of halogens is 2. The van der Waals surface area contributed by atoms with Crippen LogP contribution in [0.5, 0.6) is 5.75 Å². The minimum absolute atomic E-state index is 0.264. The van der Waals surface area contributed by atoms with Gasteiger partial charge in [-0.2, -0.15) is 0 Å². The summed E-state index contributed by atoms with van der Waals surface area (Å²) in [4.78, 5) is 0. The molecule has 0 aromatic heterocycles. The Morgan fingerprint density at radius 3 is 2.42 bits per heavy atom. The summed E-state index contributed by atoms with van der Waals surface area (Å²) in [5.41, 5.74) is 2.13.